The molecule has 1 aromatic carbocycles. The maximum absolute atomic E-state index is 13.4. The summed E-state index contributed by atoms with van der Waals surface area (Å²) in [6.45, 7) is 5.44. The molecule has 1 aliphatic heterocycles. The number of piperidine rings is 1. The second-order valence-electron chi connectivity index (χ2n) is 8.83. The van der Waals surface area contributed by atoms with Crippen molar-refractivity contribution in [2.24, 2.45) is 5.73 Å². The number of halogens is 3. The lowest BCUT2D eigenvalue weighted by Crippen LogP contribution is -2.36. The zero-order valence-electron chi connectivity index (χ0n) is 20.7. The Labute approximate surface area is 213 Å². The Balaban J connectivity index is 0.00000115. The molecule has 0 bridgehead atoms. The maximum atomic E-state index is 13.4. The topological polar surface area (TPSA) is 75.3 Å². The summed E-state index contributed by atoms with van der Waals surface area (Å²) in [5, 5.41) is 8.60. The van der Waals surface area contributed by atoms with Gasteiger partial charge in [0.15, 0.2) is 0 Å². The number of carbonyl (C=O) groups is 1. The number of rotatable bonds is 5. The first-order valence-corrected chi connectivity index (χ1v) is 12.5. The predicted octanol–water partition coefficient (Wildman–Crippen LogP) is 4.95. The number of likely N-dealkylation sites (tertiary alicyclic amines) is 1. The molecule has 1 amide bonds. The van der Waals surface area contributed by atoms with Crippen LogP contribution in [-0.2, 0) is 11.3 Å². The second kappa shape index (κ2) is 12.2. The molecule has 1 aliphatic rings. The van der Waals surface area contributed by atoms with Crippen LogP contribution >= 0.6 is 11.3 Å². The van der Waals surface area contributed by atoms with Crippen molar-refractivity contribution < 1.29 is 18.0 Å². The molecular weight excluding hydrogens is 487 g/mol. The fourth-order valence-corrected chi connectivity index (χ4v) is 5.09. The third-order valence-corrected chi connectivity index (χ3v) is 7.21. The van der Waals surface area contributed by atoms with Crippen molar-refractivity contribution in [2.75, 3.05) is 37.3 Å². The van der Waals surface area contributed by atoms with Crippen LogP contribution in [0.15, 0.2) is 30.3 Å². The number of hydrogen-bond donors (Lipinski definition) is 3. The highest BCUT2D eigenvalue weighted by molar-refractivity contribution is 7.16. The molecule has 0 radical (unpaired) electrons. The van der Waals surface area contributed by atoms with E-state index in [1.165, 1.54) is 15.0 Å². The Morgan fingerprint density at radius 1 is 1.22 bits per heavy atom. The number of nitrogens with zero attached hydrogens (tertiary/aromatic N) is 2. The van der Waals surface area contributed by atoms with Gasteiger partial charge in [-0.1, -0.05) is 12.0 Å². The van der Waals surface area contributed by atoms with Crippen molar-refractivity contribution in [1.29, 1.82) is 0 Å². The van der Waals surface area contributed by atoms with E-state index in [2.05, 4.69) is 60.1 Å². The Hall–Kier alpha value is -3.16. The molecule has 0 atom stereocenters. The van der Waals surface area contributed by atoms with Crippen LogP contribution in [0.4, 0.5) is 23.9 Å². The first kappa shape index (κ1) is 27.4. The number of nitrogens with two attached hydrogens (primary N) is 1. The number of nitrogens with one attached hydrogen (secondary N) is 2. The number of carbonyl (C=O) groups excluding carboxylic acids is 1. The standard InChI is InChI=1S/C25H29F3N4S.CH3NO/c1-17-14-24(33-18(17)2)29-11-5-6-20-15-21-22(30-19-9-12-31(3)13-10-19)7-4-8-23(21)32(20)16-25(26,27)28;2-1-3/h4,7-8,14-15,19,29-30H,9-13,16H2,1-3H3;1H,(H2,2,3). The Bertz CT molecular complexity index is 1210. The third kappa shape index (κ3) is 7.42. The monoisotopic (exact) mass is 519 g/mol. The maximum Gasteiger partial charge on any atom is 0.406 e. The number of thiophene rings is 1. The van der Waals surface area contributed by atoms with Crippen LogP contribution < -0.4 is 16.4 Å². The molecule has 0 spiro atoms. The number of fused-ring (bicyclic) bond motifs is 1. The van der Waals surface area contributed by atoms with Gasteiger partial charge in [0.1, 0.15) is 6.54 Å². The summed E-state index contributed by atoms with van der Waals surface area (Å²) in [5.74, 6) is 5.98. The van der Waals surface area contributed by atoms with Gasteiger partial charge < -0.3 is 25.8 Å². The van der Waals surface area contributed by atoms with Gasteiger partial charge in [0, 0.05) is 22.0 Å². The fraction of sp³-hybridized carbons (Fsp3) is 0.423. The molecule has 0 saturated carbocycles. The van der Waals surface area contributed by atoms with Gasteiger partial charge in [-0.25, -0.2) is 0 Å². The lowest BCUT2D eigenvalue weighted by Gasteiger charge is -2.30. The highest BCUT2D eigenvalue weighted by Crippen LogP contribution is 2.31. The lowest BCUT2D eigenvalue weighted by molar-refractivity contribution is -0.140. The number of aromatic nitrogens is 1. The van der Waals surface area contributed by atoms with Crippen LogP contribution in [0.25, 0.3) is 10.9 Å². The highest BCUT2D eigenvalue weighted by atomic mass is 32.1. The Morgan fingerprint density at radius 2 is 1.92 bits per heavy atom. The zero-order chi connectivity index (χ0) is 26.3. The fourth-order valence-electron chi connectivity index (χ4n) is 4.16. The molecule has 4 N–H and O–H groups in total. The molecule has 1 fully saturated rings. The molecule has 0 unspecified atom stereocenters. The van der Waals surface area contributed by atoms with Gasteiger partial charge in [-0.05, 0) is 82.6 Å². The first-order valence-electron chi connectivity index (χ1n) is 11.7. The Morgan fingerprint density at radius 3 is 2.53 bits per heavy atom. The van der Waals surface area contributed by atoms with E-state index in [0.29, 0.717) is 23.8 Å². The van der Waals surface area contributed by atoms with E-state index in [4.69, 9.17) is 4.79 Å². The minimum atomic E-state index is -4.33. The van der Waals surface area contributed by atoms with E-state index in [1.807, 2.05) is 12.1 Å². The second-order valence-corrected chi connectivity index (χ2v) is 10.1. The molecule has 3 heterocycles. The van der Waals surface area contributed by atoms with Crippen molar-refractivity contribution in [3.05, 3.63) is 46.5 Å². The van der Waals surface area contributed by atoms with Crippen LogP contribution in [0.2, 0.25) is 0 Å². The number of benzene rings is 1. The van der Waals surface area contributed by atoms with Crippen LogP contribution in [0.3, 0.4) is 0 Å². The molecule has 3 aromatic rings. The number of hydrogen-bond acceptors (Lipinski definition) is 5. The van der Waals surface area contributed by atoms with Gasteiger partial charge in [-0.15, -0.1) is 11.3 Å². The van der Waals surface area contributed by atoms with Gasteiger partial charge in [-0.3, -0.25) is 4.79 Å². The van der Waals surface area contributed by atoms with E-state index in [0.717, 1.165) is 42.0 Å². The number of anilines is 2. The van der Waals surface area contributed by atoms with Gasteiger partial charge in [0.25, 0.3) is 0 Å². The Kier molecular flexibility index (Phi) is 9.29. The SMILES string of the molecule is Cc1cc(NCC#Cc2cc3c(NC4CCN(C)CC4)cccc3n2CC(F)(F)F)sc1C.NC=O. The molecule has 1 saturated heterocycles. The van der Waals surface area contributed by atoms with Gasteiger partial charge in [0.05, 0.1) is 22.8 Å². The summed E-state index contributed by atoms with van der Waals surface area (Å²) in [6, 6.07) is 9.65. The first-order chi connectivity index (χ1) is 17.1. The smallest absolute Gasteiger partial charge is 0.382 e. The summed E-state index contributed by atoms with van der Waals surface area (Å²) < 4.78 is 41.4. The minimum absolute atomic E-state index is 0.250. The van der Waals surface area contributed by atoms with E-state index in [9.17, 15) is 13.2 Å². The number of aryl methyl sites for hydroxylation is 2. The van der Waals surface area contributed by atoms with Crippen LogP contribution in [-0.4, -0.2) is 54.8 Å². The van der Waals surface area contributed by atoms with Crippen LogP contribution in [0.1, 0.15) is 29.0 Å². The van der Waals surface area contributed by atoms with Crippen LogP contribution in [0, 0.1) is 25.7 Å². The highest BCUT2D eigenvalue weighted by Gasteiger charge is 2.30. The van der Waals surface area contributed by atoms with Crippen molar-refractivity contribution >= 4 is 39.3 Å². The molecule has 194 valence electrons. The molecule has 0 aliphatic carbocycles. The van der Waals surface area contributed by atoms with Gasteiger partial charge in [-0.2, -0.15) is 13.2 Å². The number of primary amides is 1. The summed E-state index contributed by atoms with van der Waals surface area (Å²) in [6.07, 6.45) is -2.06. The average Bonchev–Trinajstić information content (AvgIpc) is 3.32. The quantitative estimate of drug-likeness (QED) is 0.329. The summed E-state index contributed by atoms with van der Waals surface area (Å²) in [4.78, 5) is 12.1. The van der Waals surface area contributed by atoms with Crippen molar-refractivity contribution in [1.82, 2.24) is 9.47 Å². The summed E-state index contributed by atoms with van der Waals surface area (Å²) in [7, 11) is 2.11. The third-order valence-electron chi connectivity index (χ3n) is 6.09. The summed E-state index contributed by atoms with van der Waals surface area (Å²) >= 11 is 1.65. The molecule has 2 aromatic heterocycles. The normalized spacial score (nSPS) is 14.5. The predicted molar refractivity (Wildman–Crippen MR) is 142 cm³/mol. The number of amides is 1. The summed E-state index contributed by atoms with van der Waals surface area (Å²) in [5.41, 5.74) is 7.17. The molecular formula is C26H32F3N5OS. The van der Waals surface area contributed by atoms with E-state index in [-0.39, 0.29) is 6.41 Å². The molecule has 36 heavy (non-hydrogen) atoms. The molecule has 6 nitrogen and oxygen atoms in total. The van der Waals surface area contributed by atoms with E-state index >= 15 is 0 Å². The number of alkyl halides is 3. The average molecular weight is 520 g/mol. The van der Waals surface area contributed by atoms with Crippen LogP contribution in [0.5, 0.6) is 0 Å². The van der Waals surface area contributed by atoms with Crippen molar-refractivity contribution in [3.63, 3.8) is 0 Å². The van der Waals surface area contributed by atoms with E-state index < -0.39 is 12.7 Å². The molecule has 10 heteroatoms. The van der Waals surface area contributed by atoms with Gasteiger partial charge in [0.2, 0.25) is 6.41 Å². The zero-order valence-corrected chi connectivity index (χ0v) is 21.5. The van der Waals surface area contributed by atoms with Gasteiger partial charge >= 0.3 is 6.18 Å². The van der Waals surface area contributed by atoms with E-state index in [1.54, 1.807) is 23.5 Å². The largest absolute Gasteiger partial charge is 0.406 e. The van der Waals surface area contributed by atoms with Crippen molar-refractivity contribution in [2.45, 2.75) is 45.5 Å². The molecule has 4 rings (SSSR count). The minimum Gasteiger partial charge on any atom is -0.382 e. The lowest BCUT2D eigenvalue weighted by atomic mass is 10.0. The van der Waals surface area contributed by atoms with Crippen molar-refractivity contribution in [3.8, 4) is 11.8 Å².